The molecule has 1 aliphatic heterocycles. The number of carbonyl (C=O) groups excluding carboxylic acids is 2. The van der Waals surface area contributed by atoms with Crippen molar-refractivity contribution >= 4 is 51.4 Å². The summed E-state index contributed by atoms with van der Waals surface area (Å²) in [6.45, 7) is 4.42. The predicted octanol–water partition coefficient (Wildman–Crippen LogP) is 7.02. The quantitative estimate of drug-likeness (QED) is 0.266. The minimum atomic E-state index is -0.294. The van der Waals surface area contributed by atoms with Gasteiger partial charge in [-0.2, -0.15) is 0 Å². The lowest BCUT2D eigenvalue weighted by Crippen LogP contribution is -2.32. The number of fused-ring (bicyclic) bond motifs is 1. The van der Waals surface area contributed by atoms with Crippen LogP contribution in [0.5, 0.6) is 5.75 Å². The number of aryl methyl sites for hydroxylation is 1. The summed E-state index contributed by atoms with van der Waals surface area (Å²) in [5.41, 5.74) is 3.90. The van der Waals surface area contributed by atoms with E-state index in [4.69, 9.17) is 16.3 Å². The highest BCUT2D eigenvalue weighted by molar-refractivity contribution is 8.18. The Balaban J connectivity index is 1.31. The number of hydrogen-bond donors (Lipinski definition) is 0. The number of imide groups is 1. The molecule has 4 aromatic rings. The van der Waals surface area contributed by atoms with Gasteiger partial charge in [-0.3, -0.25) is 14.5 Å². The number of hydrogen-bond acceptors (Lipinski definition) is 4. The molecule has 0 radical (unpaired) electrons. The van der Waals surface area contributed by atoms with Crippen LogP contribution in [0.25, 0.3) is 22.5 Å². The molecular weight excluding hydrogens is 480 g/mol. The second kappa shape index (κ2) is 9.64. The van der Waals surface area contributed by atoms with Crippen molar-refractivity contribution in [3.63, 3.8) is 0 Å². The molecule has 7 heteroatoms. The fraction of sp³-hybridized carbons (Fsp3) is 0.143. The van der Waals surface area contributed by atoms with Gasteiger partial charge >= 0.3 is 0 Å². The summed E-state index contributed by atoms with van der Waals surface area (Å²) in [5, 5.41) is 2.47. The molecule has 0 N–H and O–H groups in total. The standard InChI is InChI=1S/C28H23ClN2O3S/c1-18-16-21(19(2)31(18)23-12-10-22(29)11-13-23)17-26-27(32)30(28(33)35-26)14-15-34-25-9-5-7-20-6-3-4-8-24(20)25/h3-13,16-17H,14-15H2,1-2H3/b26-17-. The van der Waals surface area contributed by atoms with E-state index in [-0.39, 0.29) is 24.3 Å². The van der Waals surface area contributed by atoms with Gasteiger partial charge in [0.15, 0.2) is 0 Å². The number of carbonyl (C=O) groups is 2. The topological polar surface area (TPSA) is 51.5 Å². The molecule has 5 rings (SSSR count). The molecule has 0 bridgehead atoms. The third kappa shape index (κ3) is 4.59. The van der Waals surface area contributed by atoms with Crippen molar-refractivity contribution < 1.29 is 14.3 Å². The fourth-order valence-electron chi connectivity index (χ4n) is 4.32. The molecule has 0 spiro atoms. The molecule has 35 heavy (non-hydrogen) atoms. The first-order valence-electron chi connectivity index (χ1n) is 11.2. The van der Waals surface area contributed by atoms with Gasteiger partial charge in [-0.05, 0) is 79.0 Å². The molecule has 176 valence electrons. The zero-order valence-electron chi connectivity index (χ0n) is 19.3. The zero-order valence-corrected chi connectivity index (χ0v) is 20.9. The van der Waals surface area contributed by atoms with Gasteiger partial charge in [-0.1, -0.05) is 48.0 Å². The molecule has 2 amide bonds. The van der Waals surface area contributed by atoms with Crippen LogP contribution < -0.4 is 4.74 Å². The Kier molecular flexibility index (Phi) is 6.41. The van der Waals surface area contributed by atoms with Gasteiger partial charge in [0.1, 0.15) is 12.4 Å². The highest BCUT2D eigenvalue weighted by Gasteiger charge is 2.35. The third-order valence-electron chi connectivity index (χ3n) is 6.04. The molecule has 2 heterocycles. The van der Waals surface area contributed by atoms with Gasteiger partial charge in [-0.25, -0.2) is 0 Å². The van der Waals surface area contributed by atoms with E-state index >= 15 is 0 Å². The Morgan fingerprint density at radius 1 is 0.971 bits per heavy atom. The van der Waals surface area contributed by atoms with Gasteiger partial charge in [-0.15, -0.1) is 0 Å². The van der Waals surface area contributed by atoms with Gasteiger partial charge in [0.2, 0.25) is 0 Å². The van der Waals surface area contributed by atoms with E-state index in [1.165, 1.54) is 4.90 Å². The monoisotopic (exact) mass is 502 g/mol. The predicted molar refractivity (Wildman–Crippen MR) is 142 cm³/mol. The smallest absolute Gasteiger partial charge is 0.293 e. The van der Waals surface area contributed by atoms with E-state index in [2.05, 4.69) is 4.57 Å². The maximum Gasteiger partial charge on any atom is 0.293 e. The normalized spacial score (nSPS) is 14.9. The Bertz CT molecular complexity index is 1470. The van der Waals surface area contributed by atoms with Crippen LogP contribution in [0.15, 0.2) is 77.7 Å². The average molecular weight is 503 g/mol. The molecule has 0 saturated carbocycles. The number of nitrogens with zero attached hydrogens (tertiary/aromatic N) is 2. The Hall–Kier alpha value is -3.48. The highest BCUT2D eigenvalue weighted by atomic mass is 35.5. The molecule has 1 fully saturated rings. The minimum absolute atomic E-state index is 0.190. The Morgan fingerprint density at radius 3 is 2.51 bits per heavy atom. The number of halogens is 1. The van der Waals surface area contributed by atoms with Crippen LogP contribution in [0.3, 0.4) is 0 Å². The molecule has 0 atom stereocenters. The van der Waals surface area contributed by atoms with Crippen LogP contribution in [0.1, 0.15) is 17.0 Å². The largest absolute Gasteiger partial charge is 0.491 e. The summed E-state index contributed by atoms with van der Waals surface area (Å²) < 4.78 is 8.04. The first-order valence-corrected chi connectivity index (χ1v) is 12.4. The molecule has 0 unspecified atom stereocenters. The third-order valence-corrected chi connectivity index (χ3v) is 7.20. The molecule has 5 nitrogen and oxygen atoms in total. The van der Waals surface area contributed by atoms with Crippen LogP contribution in [-0.2, 0) is 4.79 Å². The molecule has 1 aromatic heterocycles. The maximum atomic E-state index is 13.0. The summed E-state index contributed by atoms with van der Waals surface area (Å²) in [5.74, 6) is 0.443. The van der Waals surface area contributed by atoms with Gasteiger partial charge in [0, 0.05) is 27.5 Å². The molecule has 0 aliphatic carbocycles. The lowest BCUT2D eigenvalue weighted by Gasteiger charge is -2.14. The summed E-state index contributed by atoms with van der Waals surface area (Å²) >= 11 is 7.00. The van der Waals surface area contributed by atoms with Crippen molar-refractivity contribution in [1.82, 2.24) is 9.47 Å². The summed E-state index contributed by atoms with van der Waals surface area (Å²) in [7, 11) is 0. The van der Waals surface area contributed by atoms with Crippen molar-refractivity contribution in [1.29, 1.82) is 0 Å². The number of thioether (sulfide) groups is 1. The number of benzene rings is 3. The summed E-state index contributed by atoms with van der Waals surface area (Å²) in [4.78, 5) is 27.3. The van der Waals surface area contributed by atoms with Crippen molar-refractivity contribution in [2.24, 2.45) is 0 Å². The molecular formula is C28H23ClN2O3S. The van der Waals surface area contributed by atoms with Crippen molar-refractivity contribution in [2.75, 3.05) is 13.2 Å². The van der Waals surface area contributed by atoms with Crippen molar-refractivity contribution in [2.45, 2.75) is 13.8 Å². The number of aromatic nitrogens is 1. The second-order valence-electron chi connectivity index (χ2n) is 8.30. The maximum absolute atomic E-state index is 13.0. The van der Waals surface area contributed by atoms with E-state index in [9.17, 15) is 9.59 Å². The van der Waals surface area contributed by atoms with Crippen molar-refractivity contribution in [3.8, 4) is 11.4 Å². The SMILES string of the molecule is Cc1cc(/C=C2\SC(=O)N(CCOc3cccc4ccccc34)C2=O)c(C)n1-c1ccc(Cl)cc1. The van der Waals surface area contributed by atoms with Crippen molar-refractivity contribution in [3.05, 3.63) is 99.7 Å². The van der Waals surface area contributed by atoms with Gasteiger partial charge in [0.05, 0.1) is 11.4 Å². The second-order valence-corrected chi connectivity index (χ2v) is 9.73. The van der Waals surface area contributed by atoms with Crippen LogP contribution in [0, 0.1) is 13.8 Å². The van der Waals surface area contributed by atoms with Crippen LogP contribution in [0.2, 0.25) is 5.02 Å². The number of rotatable bonds is 6. The first kappa shape index (κ1) is 23.3. The van der Waals surface area contributed by atoms with Gasteiger partial charge < -0.3 is 9.30 Å². The van der Waals surface area contributed by atoms with E-state index in [1.807, 2.05) is 86.6 Å². The first-order chi connectivity index (χ1) is 16.9. The van der Waals surface area contributed by atoms with E-state index in [1.54, 1.807) is 6.08 Å². The fourth-order valence-corrected chi connectivity index (χ4v) is 5.31. The van der Waals surface area contributed by atoms with Crippen LogP contribution >= 0.6 is 23.4 Å². The Labute approximate surface area is 212 Å². The molecule has 1 saturated heterocycles. The number of ether oxygens (including phenoxy) is 1. The molecule has 1 aliphatic rings. The Morgan fingerprint density at radius 2 is 1.71 bits per heavy atom. The van der Waals surface area contributed by atoms with Crippen LogP contribution in [0.4, 0.5) is 4.79 Å². The lowest BCUT2D eigenvalue weighted by atomic mass is 10.1. The summed E-state index contributed by atoms with van der Waals surface area (Å²) in [6, 6.07) is 23.4. The van der Waals surface area contributed by atoms with E-state index in [0.29, 0.717) is 9.93 Å². The highest BCUT2D eigenvalue weighted by Crippen LogP contribution is 2.34. The van der Waals surface area contributed by atoms with Gasteiger partial charge in [0.25, 0.3) is 11.1 Å². The van der Waals surface area contributed by atoms with E-state index < -0.39 is 0 Å². The summed E-state index contributed by atoms with van der Waals surface area (Å²) in [6.07, 6.45) is 1.80. The minimum Gasteiger partial charge on any atom is -0.491 e. The average Bonchev–Trinajstić information content (AvgIpc) is 3.28. The number of amides is 2. The molecule has 3 aromatic carbocycles. The van der Waals surface area contributed by atoms with Crippen LogP contribution in [-0.4, -0.2) is 33.8 Å². The van der Waals surface area contributed by atoms with E-state index in [0.717, 1.165) is 50.9 Å². The lowest BCUT2D eigenvalue weighted by molar-refractivity contribution is -0.123. The zero-order chi connectivity index (χ0) is 24.5.